The van der Waals surface area contributed by atoms with E-state index < -0.39 is 0 Å². The number of benzene rings is 1. The second kappa shape index (κ2) is 2.67. The van der Waals surface area contributed by atoms with E-state index in [1.54, 1.807) is 12.1 Å². The molecule has 1 aliphatic heterocycles. The Hall–Kier alpha value is -1.16. The highest BCUT2D eigenvalue weighted by Crippen LogP contribution is 2.24. The third-order valence-electron chi connectivity index (χ3n) is 2.02. The van der Waals surface area contributed by atoms with E-state index in [-0.39, 0.29) is 11.8 Å². The fourth-order valence-electron chi connectivity index (χ4n) is 1.30. The molecule has 0 spiro atoms. The minimum absolute atomic E-state index is 0.310. The second-order valence-corrected chi connectivity index (χ2v) is 3.78. The van der Waals surface area contributed by atoms with Crippen molar-refractivity contribution in [3.8, 4) is 0 Å². The molecule has 2 rings (SSSR count). The Morgan fingerprint density at radius 2 is 1.69 bits per heavy atom. The maximum atomic E-state index is 11.2. The number of carbonyl (C=O) groups excluding carboxylic acids is 2. The van der Waals surface area contributed by atoms with E-state index >= 15 is 0 Å². The van der Waals surface area contributed by atoms with E-state index in [4.69, 9.17) is 0 Å². The molecule has 66 valence electrons. The summed E-state index contributed by atoms with van der Waals surface area (Å²) >= 11 is 3.30. The molecule has 0 bridgehead atoms. The molecule has 0 saturated heterocycles. The Morgan fingerprint density at radius 1 is 1.15 bits per heavy atom. The van der Waals surface area contributed by atoms with Crippen molar-refractivity contribution in [3.63, 3.8) is 0 Å². The first-order valence-corrected chi connectivity index (χ1v) is 4.54. The number of rotatable bonds is 0. The summed E-state index contributed by atoms with van der Waals surface area (Å²) in [7, 11) is 0. The van der Waals surface area contributed by atoms with Crippen molar-refractivity contribution >= 4 is 27.7 Å². The van der Waals surface area contributed by atoms with Crippen molar-refractivity contribution in [3.05, 3.63) is 33.3 Å². The quantitative estimate of drug-likeness (QED) is 0.700. The fraction of sp³-hybridized carbons (Fsp3) is 0.111. The molecule has 13 heavy (non-hydrogen) atoms. The van der Waals surface area contributed by atoms with E-state index in [2.05, 4.69) is 21.2 Å². The van der Waals surface area contributed by atoms with Gasteiger partial charge in [-0.15, -0.1) is 0 Å². The van der Waals surface area contributed by atoms with E-state index in [0.29, 0.717) is 11.1 Å². The summed E-state index contributed by atoms with van der Waals surface area (Å²) in [6, 6.07) is 3.38. The van der Waals surface area contributed by atoms with Crippen molar-refractivity contribution in [2.45, 2.75) is 6.92 Å². The van der Waals surface area contributed by atoms with E-state index in [1.807, 2.05) is 6.92 Å². The van der Waals surface area contributed by atoms with Crippen LogP contribution >= 0.6 is 15.9 Å². The number of carbonyl (C=O) groups is 2. The molecule has 0 radical (unpaired) electrons. The second-order valence-electron chi connectivity index (χ2n) is 2.93. The smallest absolute Gasteiger partial charge is 0.258 e. The zero-order valence-electron chi connectivity index (χ0n) is 6.85. The Morgan fingerprint density at radius 3 is 2.31 bits per heavy atom. The van der Waals surface area contributed by atoms with Gasteiger partial charge in [0.15, 0.2) is 0 Å². The number of halogens is 1. The van der Waals surface area contributed by atoms with Crippen LogP contribution in [0.1, 0.15) is 26.3 Å². The lowest BCUT2D eigenvalue weighted by molar-refractivity contribution is 0.0879. The summed E-state index contributed by atoms with van der Waals surface area (Å²) < 4.78 is 0.844. The first kappa shape index (κ1) is 8.44. The highest BCUT2D eigenvalue weighted by Gasteiger charge is 2.27. The Bertz CT molecular complexity index is 387. The molecule has 0 aliphatic carbocycles. The Balaban J connectivity index is 2.72. The Labute approximate surface area is 83.3 Å². The molecule has 0 unspecified atom stereocenters. The molecule has 0 aromatic heterocycles. The maximum Gasteiger partial charge on any atom is 0.258 e. The van der Waals surface area contributed by atoms with Crippen LogP contribution in [-0.4, -0.2) is 11.8 Å². The van der Waals surface area contributed by atoms with Gasteiger partial charge in [0.05, 0.1) is 11.1 Å². The summed E-state index contributed by atoms with van der Waals surface area (Å²) in [6.45, 7) is 1.88. The van der Waals surface area contributed by atoms with Crippen LogP contribution in [-0.2, 0) is 0 Å². The van der Waals surface area contributed by atoms with Crippen LogP contribution in [0.4, 0.5) is 0 Å². The highest BCUT2D eigenvalue weighted by atomic mass is 79.9. The minimum atomic E-state index is -0.319. The molecule has 2 amide bonds. The number of amides is 2. The summed E-state index contributed by atoms with van der Waals surface area (Å²) in [5, 5.41) is 2.24. The van der Waals surface area contributed by atoms with Crippen LogP contribution in [0.3, 0.4) is 0 Å². The average molecular weight is 240 g/mol. The number of fused-ring (bicyclic) bond motifs is 1. The molecule has 4 heteroatoms. The zero-order chi connectivity index (χ0) is 9.59. The Kier molecular flexibility index (Phi) is 1.73. The minimum Gasteiger partial charge on any atom is -0.288 e. The standard InChI is InChI=1S/C9H6BrNO2/c1-4-2-5-6(3-7(4)10)9(13)11-8(5)12/h2-3H,1H3,(H,11,12,13). The van der Waals surface area contributed by atoms with Gasteiger partial charge in [-0.2, -0.15) is 0 Å². The van der Waals surface area contributed by atoms with Gasteiger partial charge in [-0.1, -0.05) is 15.9 Å². The van der Waals surface area contributed by atoms with Gasteiger partial charge in [0.1, 0.15) is 0 Å². The van der Waals surface area contributed by atoms with Gasteiger partial charge in [-0.25, -0.2) is 0 Å². The molecule has 1 aliphatic rings. The van der Waals surface area contributed by atoms with Crippen LogP contribution in [0.2, 0.25) is 0 Å². The molecular weight excluding hydrogens is 234 g/mol. The van der Waals surface area contributed by atoms with E-state index in [9.17, 15) is 9.59 Å². The normalized spacial score (nSPS) is 14.3. The summed E-state index contributed by atoms with van der Waals surface area (Å²) in [4.78, 5) is 22.4. The molecule has 1 heterocycles. The van der Waals surface area contributed by atoms with Gasteiger partial charge in [-0.05, 0) is 24.6 Å². The summed E-state index contributed by atoms with van der Waals surface area (Å²) in [6.07, 6.45) is 0. The van der Waals surface area contributed by atoms with Gasteiger partial charge in [0, 0.05) is 4.47 Å². The topological polar surface area (TPSA) is 46.2 Å². The van der Waals surface area contributed by atoms with E-state index in [1.165, 1.54) is 0 Å². The monoisotopic (exact) mass is 239 g/mol. The predicted octanol–water partition coefficient (Wildman–Crippen LogP) is 1.64. The largest absolute Gasteiger partial charge is 0.288 e. The molecule has 1 aromatic rings. The van der Waals surface area contributed by atoms with Gasteiger partial charge in [0.2, 0.25) is 0 Å². The number of hydrogen-bond acceptors (Lipinski definition) is 2. The van der Waals surface area contributed by atoms with Gasteiger partial charge in [-0.3, -0.25) is 14.9 Å². The lowest BCUT2D eigenvalue weighted by Crippen LogP contribution is -2.19. The zero-order valence-corrected chi connectivity index (χ0v) is 8.44. The van der Waals surface area contributed by atoms with Crippen LogP contribution in [0.5, 0.6) is 0 Å². The molecule has 0 fully saturated rings. The molecule has 1 N–H and O–H groups in total. The van der Waals surface area contributed by atoms with Crippen LogP contribution in [0.15, 0.2) is 16.6 Å². The molecule has 0 saturated carbocycles. The van der Waals surface area contributed by atoms with Gasteiger partial charge >= 0.3 is 0 Å². The van der Waals surface area contributed by atoms with Crippen LogP contribution in [0, 0.1) is 6.92 Å². The molecule has 0 atom stereocenters. The number of hydrogen-bond donors (Lipinski definition) is 1. The first-order chi connectivity index (χ1) is 6.09. The maximum absolute atomic E-state index is 11.2. The molecule has 3 nitrogen and oxygen atoms in total. The fourth-order valence-corrected chi connectivity index (χ4v) is 1.64. The van der Waals surface area contributed by atoms with Crippen molar-refractivity contribution in [2.24, 2.45) is 0 Å². The van der Waals surface area contributed by atoms with Crippen molar-refractivity contribution in [1.29, 1.82) is 0 Å². The average Bonchev–Trinajstić information content (AvgIpc) is 2.31. The lowest BCUT2D eigenvalue weighted by Gasteiger charge is -1.99. The molecular formula is C9H6BrNO2. The van der Waals surface area contributed by atoms with Crippen LogP contribution in [0.25, 0.3) is 0 Å². The summed E-state index contributed by atoms with van der Waals surface area (Å²) in [5.74, 6) is -0.628. The van der Waals surface area contributed by atoms with Crippen LogP contribution < -0.4 is 5.32 Å². The third-order valence-corrected chi connectivity index (χ3v) is 2.87. The number of imide groups is 1. The number of nitrogens with one attached hydrogen (secondary N) is 1. The predicted molar refractivity (Wildman–Crippen MR) is 50.7 cm³/mol. The highest BCUT2D eigenvalue weighted by molar-refractivity contribution is 9.10. The molecule has 1 aromatic carbocycles. The SMILES string of the molecule is Cc1cc2c(cc1Br)C(=O)NC2=O. The van der Waals surface area contributed by atoms with Gasteiger partial charge < -0.3 is 0 Å². The third kappa shape index (κ3) is 1.18. The van der Waals surface area contributed by atoms with Crippen molar-refractivity contribution < 1.29 is 9.59 Å². The van der Waals surface area contributed by atoms with Crippen molar-refractivity contribution in [2.75, 3.05) is 0 Å². The first-order valence-electron chi connectivity index (χ1n) is 3.75. The summed E-state index contributed by atoms with van der Waals surface area (Å²) in [5.41, 5.74) is 1.86. The van der Waals surface area contributed by atoms with Gasteiger partial charge in [0.25, 0.3) is 11.8 Å². The number of aryl methyl sites for hydroxylation is 1. The van der Waals surface area contributed by atoms with Crippen molar-refractivity contribution in [1.82, 2.24) is 5.32 Å². The van der Waals surface area contributed by atoms with E-state index in [0.717, 1.165) is 10.0 Å². The lowest BCUT2D eigenvalue weighted by atomic mass is 10.1.